The molecule has 1 unspecified atom stereocenters. The molecule has 162 valence electrons. The van der Waals surface area contributed by atoms with Gasteiger partial charge >= 0.3 is 11.9 Å². The zero-order valence-electron chi connectivity index (χ0n) is 17.3. The van der Waals surface area contributed by atoms with Crippen molar-refractivity contribution in [2.24, 2.45) is 0 Å². The maximum atomic E-state index is 11.2. The highest BCUT2D eigenvalue weighted by Crippen LogP contribution is 2.08. The normalized spacial score (nSPS) is 20.8. The molecule has 0 bridgehead atoms. The third-order valence-corrected chi connectivity index (χ3v) is 5.36. The number of carbonyl (C=O) groups excluding carboxylic acids is 1. The number of carboxylic acid groups (broad SMARTS) is 2. The van der Waals surface area contributed by atoms with Gasteiger partial charge in [-0.25, -0.2) is 0 Å². The number of carbonyl (C=O) groups is 3. The molecule has 1 fully saturated rings. The van der Waals surface area contributed by atoms with Crippen molar-refractivity contribution in [3.05, 3.63) is 0 Å². The molecule has 9 nitrogen and oxygen atoms in total. The van der Waals surface area contributed by atoms with Crippen LogP contribution in [0.15, 0.2) is 0 Å². The summed E-state index contributed by atoms with van der Waals surface area (Å²) in [6.45, 7) is 10.5. The Bertz CT molecular complexity index is 491. The Labute approximate surface area is 167 Å². The smallest absolute Gasteiger partial charge is 0.317 e. The third-order valence-electron chi connectivity index (χ3n) is 5.36. The van der Waals surface area contributed by atoms with E-state index < -0.39 is 11.9 Å². The first-order chi connectivity index (χ1) is 13.3. The van der Waals surface area contributed by atoms with Gasteiger partial charge in [-0.3, -0.25) is 24.3 Å². The van der Waals surface area contributed by atoms with E-state index in [1.165, 1.54) is 0 Å². The number of aliphatic carboxylic acids is 2. The first-order valence-corrected chi connectivity index (χ1v) is 10.1. The predicted molar refractivity (Wildman–Crippen MR) is 107 cm³/mol. The summed E-state index contributed by atoms with van der Waals surface area (Å²) in [5.41, 5.74) is 0. The van der Waals surface area contributed by atoms with Gasteiger partial charge in [0.05, 0.1) is 13.1 Å². The standard InChI is InChI=1S/C19H36N4O5/c1-3-20-6-7-21(15-18(25)26)8-9-22(16-19(27)28)11-13-23(12-10-20)17(2)5-4-14-24/h14,17H,3-13,15-16H2,1-2H3,(H,25,26)(H,27,28). The van der Waals surface area contributed by atoms with Crippen LogP contribution in [0.2, 0.25) is 0 Å². The lowest BCUT2D eigenvalue weighted by Gasteiger charge is -2.35. The van der Waals surface area contributed by atoms with Crippen LogP contribution in [0.1, 0.15) is 26.7 Å². The highest BCUT2D eigenvalue weighted by molar-refractivity contribution is 5.69. The van der Waals surface area contributed by atoms with Crippen molar-refractivity contribution < 1.29 is 24.6 Å². The summed E-state index contributed by atoms with van der Waals surface area (Å²) >= 11 is 0. The van der Waals surface area contributed by atoms with Crippen molar-refractivity contribution in [1.82, 2.24) is 19.6 Å². The molecule has 28 heavy (non-hydrogen) atoms. The van der Waals surface area contributed by atoms with E-state index in [1.807, 2.05) is 9.80 Å². The fourth-order valence-corrected chi connectivity index (χ4v) is 3.50. The van der Waals surface area contributed by atoms with E-state index in [4.69, 9.17) is 5.11 Å². The fraction of sp³-hybridized carbons (Fsp3) is 0.842. The average Bonchev–Trinajstić information content (AvgIpc) is 2.63. The van der Waals surface area contributed by atoms with Crippen LogP contribution in [0.4, 0.5) is 0 Å². The van der Waals surface area contributed by atoms with Gasteiger partial charge < -0.3 is 19.9 Å². The first kappa shape index (κ1) is 24.5. The lowest BCUT2D eigenvalue weighted by atomic mass is 10.1. The van der Waals surface area contributed by atoms with Crippen LogP contribution in [0.5, 0.6) is 0 Å². The molecule has 0 aromatic heterocycles. The first-order valence-electron chi connectivity index (χ1n) is 10.1. The summed E-state index contributed by atoms with van der Waals surface area (Å²) in [5.74, 6) is -1.75. The lowest BCUT2D eigenvalue weighted by molar-refractivity contribution is -0.140. The fourth-order valence-electron chi connectivity index (χ4n) is 3.50. The van der Waals surface area contributed by atoms with E-state index in [-0.39, 0.29) is 19.1 Å². The number of aldehydes is 1. The Morgan fingerprint density at radius 2 is 1.29 bits per heavy atom. The van der Waals surface area contributed by atoms with Gasteiger partial charge in [0.2, 0.25) is 0 Å². The summed E-state index contributed by atoms with van der Waals surface area (Å²) < 4.78 is 0. The van der Waals surface area contributed by atoms with E-state index >= 15 is 0 Å². The average molecular weight is 401 g/mol. The van der Waals surface area contributed by atoms with Crippen LogP contribution in [-0.2, 0) is 14.4 Å². The van der Waals surface area contributed by atoms with Crippen LogP contribution in [-0.4, -0.2) is 126 Å². The van der Waals surface area contributed by atoms with Crippen LogP contribution in [0.3, 0.4) is 0 Å². The molecule has 1 rings (SSSR count). The minimum Gasteiger partial charge on any atom is -0.480 e. The molecular weight excluding hydrogens is 364 g/mol. The van der Waals surface area contributed by atoms with E-state index in [0.717, 1.165) is 45.4 Å². The van der Waals surface area contributed by atoms with Crippen molar-refractivity contribution in [2.75, 3.05) is 72.0 Å². The minimum absolute atomic E-state index is 0.0344. The summed E-state index contributed by atoms with van der Waals surface area (Å²) in [5, 5.41) is 18.4. The second-order valence-electron chi connectivity index (χ2n) is 7.40. The topological polar surface area (TPSA) is 105 Å². The quantitative estimate of drug-likeness (QED) is 0.508. The molecule has 1 atom stereocenters. The molecule has 0 aliphatic carbocycles. The van der Waals surface area contributed by atoms with Crippen molar-refractivity contribution >= 4 is 18.2 Å². The van der Waals surface area contributed by atoms with Crippen molar-refractivity contribution in [2.45, 2.75) is 32.7 Å². The van der Waals surface area contributed by atoms with Gasteiger partial charge in [-0.15, -0.1) is 0 Å². The van der Waals surface area contributed by atoms with Gasteiger partial charge in [-0.2, -0.15) is 0 Å². The summed E-state index contributed by atoms with van der Waals surface area (Å²) in [6.07, 6.45) is 2.26. The zero-order valence-corrected chi connectivity index (χ0v) is 17.3. The molecule has 1 heterocycles. The molecule has 0 aromatic rings. The number of carboxylic acids is 2. The van der Waals surface area contributed by atoms with E-state index in [2.05, 4.69) is 23.6 Å². The maximum absolute atomic E-state index is 11.2. The van der Waals surface area contributed by atoms with Crippen LogP contribution in [0, 0.1) is 0 Å². The molecule has 1 aliphatic heterocycles. The van der Waals surface area contributed by atoms with Gasteiger partial charge in [0, 0.05) is 64.8 Å². The second kappa shape index (κ2) is 13.6. The van der Waals surface area contributed by atoms with Crippen molar-refractivity contribution in [1.29, 1.82) is 0 Å². The van der Waals surface area contributed by atoms with Crippen LogP contribution < -0.4 is 0 Å². The third kappa shape index (κ3) is 10.1. The number of rotatable bonds is 9. The second-order valence-corrected chi connectivity index (χ2v) is 7.40. The van der Waals surface area contributed by atoms with Gasteiger partial charge in [-0.05, 0) is 19.9 Å². The van der Waals surface area contributed by atoms with Crippen LogP contribution in [0.25, 0.3) is 0 Å². The molecular formula is C19H36N4O5. The number of likely N-dealkylation sites (N-methyl/N-ethyl adjacent to an activating group) is 1. The molecule has 1 saturated heterocycles. The number of hydrogen-bond acceptors (Lipinski definition) is 7. The minimum atomic E-state index is -0.880. The maximum Gasteiger partial charge on any atom is 0.317 e. The predicted octanol–water partition coefficient (Wildman–Crippen LogP) is -0.235. The monoisotopic (exact) mass is 400 g/mol. The van der Waals surface area contributed by atoms with Gasteiger partial charge in [0.1, 0.15) is 6.29 Å². The van der Waals surface area contributed by atoms with Gasteiger partial charge in [-0.1, -0.05) is 6.92 Å². The number of hydrogen-bond donors (Lipinski definition) is 2. The zero-order chi connectivity index (χ0) is 20.9. The van der Waals surface area contributed by atoms with E-state index in [1.54, 1.807) is 0 Å². The Morgan fingerprint density at radius 3 is 1.71 bits per heavy atom. The molecule has 0 radical (unpaired) electrons. The lowest BCUT2D eigenvalue weighted by Crippen LogP contribution is -2.49. The van der Waals surface area contributed by atoms with Crippen LogP contribution >= 0.6 is 0 Å². The molecule has 0 amide bonds. The Kier molecular flexibility index (Phi) is 11.9. The SMILES string of the molecule is CCN1CCN(CC(=O)O)CCN(CC(=O)O)CCN(C(C)CCC=O)CC1. The Hall–Kier alpha value is -1.55. The highest BCUT2D eigenvalue weighted by atomic mass is 16.4. The summed E-state index contributed by atoms with van der Waals surface area (Å²) in [4.78, 5) is 41.5. The van der Waals surface area contributed by atoms with Crippen molar-refractivity contribution in [3.8, 4) is 0 Å². The Morgan fingerprint density at radius 1 is 0.857 bits per heavy atom. The molecule has 0 saturated carbocycles. The summed E-state index contributed by atoms with van der Waals surface area (Å²) in [7, 11) is 0. The number of nitrogens with zero attached hydrogens (tertiary/aromatic N) is 4. The highest BCUT2D eigenvalue weighted by Gasteiger charge is 2.20. The van der Waals surface area contributed by atoms with Crippen molar-refractivity contribution in [3.63, 3.8) is 0 Å². The molecule has 0 spiro atoms. The Balaban J connectivity index is 2.86. The molecule has 9 heteroatoms. The molecule has 0 aromatic carbocycles. The van der Waals surface area contributed by atoms with Gasteiger partial charge in [0.15, 0.2) is 0 Å². The molecule has 1 aliphatic rings. The largest absolute Gasteiger partial charge is 0.480 e. The van der Waals surface area contributed by atoms with Gasteiger partial charge in [0.25, 0.3) is 0 Å². The summed E-state index contributed by atoms with van der Waals surface area (Å²) in [6, 6.07) is 0.252. The van der Waals surface area contributed by atoms with E-state index in [0.29, 0.717) is 32.6 Å². The van der Waals surface area contributed by atoms with E-state index in [9.17, 15) is 19.5 Å². The molecule has 2 N–H and O–H groups in total.